The quantitative estimate of drug-likeness (QED) is 0.827. The van der Waals surface area contributed by atoms with Crippen molar-refractivity contribution in [3.8, 4) is 0 Å². The van der Waals surface area contributed by atoms with Crippen molar-refractivity contribution in [2.75, 3.05) is 5.75 Å². The zero-order valence-electron chi connectivity index (χ0n) is 10.7. The Kier molecular flexibility index (Phi) is 6.47. The van der Waals surface area contributed by atoms with Crippen LogP contribution in [0.25, 0.3) is 0 Å². The minimum atomic E-state index is -4.44. The molecule has 9 heteroatoms. The number of carboxylic acids is 1. The number of carboxylic acid groups (broad SMARTS) is 1. The first-order valence-electron chi connectivity index (χ1n) is 5.32. The number of amides is 1. The van der Waals surface area contributed by atoms with Gasteiger partial charge in [0.2, 0.25) is 0 Å². The van der Waals surface area contributed by atoms with Crippen LogP contribution in [0.2, 0.25) is 0 Å². The van der Waals surface area contributed by atoms with Crippen LogP contribution in [-0.2, 0) is 9.53 Å². The average Bonchev–Trinajstić information content (AvgIpc) is 2.10. The summed E-state index contributed by atoms with van der Waals surface area (Å²) in [6.07, 6.45) is -1.43. The highest BCUT2D eigenvalue weighted by atomic mass is 32.2. The molecule has 0 unspecified atom stereocenters. The van der Waals surface area contributed by atoms with Crippen LogP contribution in [0.3, 0.4) is 0 Å². The number of alkyl carbamates (subject to hydrolysis) is 1. The molecule has 0 aliphatic heterocycles. The maximum absolute atomic E-state index is 11.9. The summed E-state index contributed by atoms with van der Waals surface area (Å²) >= 11 is -0.364. The van der Waals surface area contributed by atoms with E-state index in [1.165, 1.54) is 0 Å². The van der Waals surface area contributed by atoms with Crippen molar-refractivity contribution < 1.29 is 32.6 Å². The third-order valence-electron chi connectivity index (χ3n) is 1.65. The molecule has 0 spiro atoms. The highest BCUT2D eigenvalue weighted by molar-refractivity contribution is 8.00. The molecule has 19 heavy (non-hydrogen) atoms. The molecule has 1 atom stereocenters. The third kappa shape index (κ3) is 10.5. The van der Waals surface area contributed by atoms with Crippen LogP contribution >= 0.6 is 11.8 Å². The number of alkyl halides is 3. The lowest BCUT2D eigenvalue weighted by Crippen LogP contribution is -2.49. The summed E-state index contributed by atoms with van der Waals surface area (Å²) in [7, 11) is 0. The zero-order chi connectivity index (χ0) is 15.3. The van der Waals surface area contributed by atoms with Crippen molar-refractivity contribution in [3.05, 3.63) is 0 Å². The lowest BCUT2D eigenvalue weighted by atomic mass is 10.2. The highest BCUT2D eigenvalue weighted by Crippen LogP contribution is 2.30. The van der Waals surface area contributed by atoms with Gasteiger partial charge in [-0.15, -0.1) is 0 Å². The summed E-state index contributed by atoms with van der Waals surface area (Å²) in [6, 6.07) is -1.52. The van der Waals surface area contributed by atoms with Crippen LogP contribution in [-0.4, -0.2) is 35.0 Å². The second-order valence-corrected chi connectivity index (χ2v) is 5.76. The molecule has 0 bridgehead atoms. The Balaban J connectivity index is 4.28. The molecule has 0 aromatic carbocycles. The Hall–Kier alpha value is -1.12. The molecule has 0 aliphatic carbocycles. The van der Waals surface area contributed by atoms with Gasteiger partial charge in [0.25, 0.3) is 0 Å². The third-order valence-corrected chi connectivity index (χ3v) is 2.41. The van der Waals surface area contributed by atoms with E-state index in [9.17, 15) is 27.9 Å². The second kappa shape index (κ2) is 6.88. The van der Waals surface area contributed by atoms with Gasteiger partial charge < -0.3 is 20.0 Å². The monoisotopic (exact) mass is 302 g/mol. The van der Waals surface area contributed by atoms with Crippen molar-refractivity contribution in [2.24, 2.45) is 0 Å². The van der Waals surface area contributed by atoms with Gasteiger partial charge in [-0.05, 0) is 27.2 Å². The molecule has 5 nitrogen and oxygen atoms in total. The number of carbonyl (C=O) groups is 2. The fourth-order valence-corrected chi connectivity index (χ4v) is 1.58. The molecule has 0 radical (unpaired) electrons. The van der Waals surface area contributed by atoms with Gasteiger partial charge in [0.05, 0.1) is 12.0 Å². The van der Waals surface area contributed by atoms with Gasteiger partial charge in [-0.3, -0.25) is 0 Å². The number of halogens is 3. The van der Waals surface area contributed by atoms with E-state index in [4.69, 9.17) is 4.74 Å². The van der Waals surface area contributed by atoms with Crippen LogP contribution in [0, 0.1) is 0 Å². The van der Waals surface area contributed by atoms with Gasteiger partial charge in [0.15, 0.2) is 0 Å². The lowest BCUT2D eigenvalue weighted by Gasteiger charge is -2.24. The maximum Gasteiger partial charge on any atom is 0.441 e. The van der Waals surface area contributed by atoms with Crippen molar-refractivity contribution in [1.82, 2.24) is 5.32 Å². The number of ether oxygens (including phenoxy) is 1. The first-order chi connectivity index (χ1) is 8.41. The van der Waals surface area contributed by atoms with Crippen LogP contribution in [0.1, 0.15) is 27.2 Å². The van der Waals surface area contributed by atoms with E-state index in [2.05, 4.69) is 0 Å². The van der Waals surface area contributed by atoms with Crippen molar-refractivity contribution in [2.45, 2.75) is 44.3 Å². The van der Waals surface area contributed by atoms with Crippen LogP contribution in [0.15, 0.2) is 0 Å². The first kappa shape index (κ1) is 17.9. The van der Waals surface area contributed by atoms with Crippen molar-refractivity contribution in [3.63, 3.8) is 0 Å². The summed E-state index contributed by atoms with van der Waals surface area (Å²) in [5.41, 5.74) is -5.27. The van der Waals surface area contributed by atoms with E-state index in [1.54, 1.807) is 20.8 Å². The van der Waals surface area contributed by atoms with Crippen LogP contribution in [0.5, 0.6) is 0 Å². The molecular formula is C10H15F3NO4S-. The number of hydrogen-bond donors (Lipinski definition) is 1. The number of carbonyl (C=O) groups excluding carboxylic acids is 2. The molecule has 0 aromatic heterocycles. The first-order valence-corrected chi connectivity index (χ1v) is 6.30. The van der Waals surface area contributed by atoms with Gasteiger partial charge in [0.1, 0.15) is 5.60 Å². The zero-order valence-corrected chi connectivity index (χ0v) is 11.5. The highest BCUT2D eigenvalue weighted by Gasteiger charge is 2.28. The maximum atomic E-state index is 11.9. The Bertz CT molecular complexity index is 328. The standard InChI is InChI=1S/C10H16F3NO4S/c1-9(2,3)18-8(17)14-6(7(15)16)4-5-19-10(11,12)13/h6H,4-5H2,1-3H3,(H,14,17)(H,15,16)/p-1/t6-/m0/s1. The lowest BCUT2D eigenvalue weighted by molar-refractivity contribution is -0.308. The average molecular weight is 302 g/mol. The summed E-state index contributed by atoms with van der Waals surface area (Å²) in [5, 5.41) is 12.6. The fourth-order valence-electron chi connectivity index (χ4n) is 0.991. The van der Waals surface area contributed by atoms with Crippen molar-refractivity contribution >= 4 is 23.8 Å². The Labute approximate surface area is 112 Å². The van der Waals surface area contributed by atoms with Crippen LogP contribution < -0.4 is 10.4 Å². The van der Waals surface area contributed by atoms with Gasteiger partial charge in [-0.2, -0.15) is 13.2 Å². The summed E-state index contributed by atoms with van der Waals surface area (Å²) in [4.78, 5) is 22.0. The number of hydrogen-bond acceptors (Lipinski definition) is 5. The number of rotatable bonds is 5. The molecular weight excluding hydrogens is 287 g/mol. The largest absolute Gasteiger partial charge is 0.548 e. The molecule has 0 saturated carbocycles. The Morgan fingerprint density at radius 3 is 2.21 bits per heavy atom. The van der Waals surface area contributed by atoms with E-state index >= 15 is 0 Å². The van der Waals surface area contributed by atoms with Gasteiger partial charge in [-0.25, -0.2) is 4.79 Å². The minimum absolute atomic E-state index is 0.364. The topological polar surface area (TPSA) is 78.5 Å². The molecule has 112 valence electrons. The molecule has 0 aliphatic rings. The van der Waals surface area contributed by atoms with E-state index in [0.29, 0.717) is 0 Å². The Morgan fingerprint density at radius 1 is 1.32 bits per heavy atom. The van der Waals surface area contributed by atoms with E-state index in [-0.39, 0.29) is 11.8 Å². The Morgan fingerprint density at radius 2 is 1.84 bits per heavy atom. The molecule has 0 fully saturated rings. The van der Waals surface area contributed by atoms with E-state index in [0.717, 1.165) is 0 Å². The molecule has 0 aromatic rings. The molecule has 0 rings (SSSR count). The molecule has 0 saturated heterocycles. The van der Waals surface area contributed by atoms with Crippen molar-refractivity contribution in [1.29, 1.82) is 0 Å². The smallest absolute Gasteiger partial charge is 0.441 e. The summed E-state index contributed by atoms with van der Waals surface area (Å²) in [5.74, 6) is -2.16. The normalized spacial score (nSPS) is 13.8. The SMILES string of the molecule is CC(C)(C)OC(=O)N[C@@H](CCSC(F)(F)F)C(=O)[O-]. The summed E-state index contributed by atoms with van der Waals surface area (Å²) in [6.45, 7) is 4.71. The van der Waals surface area contributed by atoms with Gasteiger partial charge in [0, 0.05) is 5.75 Å². The van der Waals surface area contributed by atoms with E-state index in [1.807, 2.05) is 5.32 Å². The minimum Gasteiger partial charge on any atom is -0.548 e. The van der Waals surface area contributed by atoms with Gasteiger partial charge in [-0.1, -0.05) is 11.8 Å². The number of thioether (sulfide) groups is 1. The second-order valence-electron chi connectivity index (χ2n) is 4.60. The van der Waals surface area contributed by atoms with E-state index < -0.39 is 41.4 Å². The van der Waals surface area contributed by atoms with Gasteiger partial charge >= 0.3 is 11.6 Å². The predicted octanol–water partition coefficient (Wildman–Crippen LogP) is 1.27. The fraction of sp³-hybridized carbons (Fsp3) is 0.800. The number of nitrogens with one attached hydrogen (secondary N) is 1. The molecule has 1 amide bonds. The molecule has 1 N–H and O–H groups in total. The molecule has 0 heterocycles. The number of aliphatic carboxylic acids is 1. The summed E-state index contributed by atoms with van der Waals surface area (Å²) < 4.78 is 40.4. The van der Waals surface area contributed by atoms with Crippen LogP contribution in [0.4, 0.5) is 18.0 Å². The predicted molar refractivity (Wildman–Crippen MR) is 61.3 cm³/mol.